The first-order chi connectivity index (χ1) is 15.5. The van der Waals surface area contributed by atoms with Crippen molar-refractivity contribution in [3.63, 3.8) is 0 Å². The molecule has 1 aliphatic rings. The number of nitrogens with one attached hydrogen (secondary N) is 1. The van der Waals surface area contributed by atoms with Crippen LogP contribution in [0.15, 0.2) is 41.3 Å². The minimum Gasteiger partial charge on any atom is -0.459 e. The number of carbonyl (C=O) groups excluding carboxylic acids is 2. The van der Waals surface area contributed by atoms with Crippen molar-refractivity contribution < 1.29 is 32.4 Å². The van der Waals surface area contributed by atoms with E-state index in [4.69, 9.17) is 9.39 Å². The normalized spacial score (nSPS) is 14.2. The van der Waals surface area contributed by atoms with Crippen molar-refractivity contribution in [1.29, 1.82) is 0 Å². The second-order valence-corrected chi connectivity index (χ2v) is 10.6. The Morgan fingerprint density at radius 1 is 1.18 bits per heavy atom. The second kappa shape index (κ2) is 10.1. The number of ether oxygens (including phenoxy) is 1. The van der Waals surface area contributed by atoms with Gasteiger partial charge in [-0.05, 0) is 53.2 Å². The Morgan fingerprint density at radius 2 is 1.85 bits per heavy atom. The van der Waals surface area contributed by atoms with Crippen LogP contribution in [0.3, 0.4) is 0 Å². The third-order valence-electron chi connectivity index (χ3n) is 5.74. The summed E-state index contributed by atoms with van der Waals surface area (Å²) in [7, 11) is -4.37. The molecule has 0 spiro atoms. The molecule has 0 fully saturated rings. The molecule has 2 aromatic rings. The third kappa shape index (κ3) is 5.46. The first-order valence-corrected chi connectivity index (χ1v) is 12.4. The van der Waals surface area contributed by atoms with E-state index >= 15 is 0 Å². The molecule has 0 saturated heterocycles. The average molecular weight is 473 g/mol. The smallest absolute Gasteiger partial charge is 0.459 e. The number of benzene rings is 2. The maximum absolute atomic E-state index is 12.9. The largest absolute Gasteiger partial charge is 0.492 e. The molecule has 1 amide bonds. The monoisotopic (exact) mass is 473 g/mol. The molecule has 2 N–H and O–H groups in total. The van der Waals surface area contributed by atoms with Gasteiger partial charge in [0, 0.05) is 5.56 Å². The maximum atomic E-state index is 12.9. The standard InChI is InChI=1S/C23H28BNO7S/c1-5-33(29,30)18-9-6-16(7-10-18)12-31-23(27)21(14(2)3)25-22(26)19-11-8-17-13-32-24(28)20(17)15(19)4/h6-11,14,21,28H,5,12-13H2,1-4H3,(H,25,26). The second-order valence-electron chi connectivity index (χ2n) is 8.32. The van der Waals surface area contributed by atoms with Gasteiger partial charge in [0.15, 0.2) is 9.84 Å². The van der Waals surface area contributed by atoms with Crippen molar-refractivity contribution in [2.24, 2.45) is 5.92 Å². The molecule has 33 heavy (non-hydrogen) atoms. The molecule has 10 heteroatoms. The van der Waals surface area contributed by atoms with Crippen molar-refractivity contribution in [2.75, 3.05) is 5.75 Å². The minimum atomic E-state index is -3.30. The van der Waals surface area contributed by atoms with Crippen LogP contribution < -0.4 is 10.8 Å². The molecule has 1 atom stereocenters. The van der Waals surface area contributed by atoms with Crippen molar-refractivity contribution in [3.05, 3.63) is 58.7 Å². The molecular formula is C23H28BNO7S. The fraction of sp³-hybridized carbons (Fsp3) is 0.391. The Hall–Kier alpha value is -2.69. The number of rotatable bonds is 8. The number of hydrogen-bond donors (Lipinski definition) is 2. The van der Waals surface area contributed by atoms with E-state index in [1.165, 1.54) is 12.1 Å². The van der Waals surface area contributed by atoms with E-state index in [0.29, 0.717) is 22.2 Å². The molecule has 1 heterocycles. The lowest BCUT2D eigenvalue weighted by Crippen LogP contribution is -2.46. The van der Waals surface area contributed by atoms with E-state index in [2.05, 4.69) is 5.32 Å². The Labute approximate surface area is 194 Å². The summed E-state index contributed by atoms with van der Waals surface area (Å²) in [5.74, 6) is -1.26. The summed E-state index contributed by atoms with van der Waals surface area (Å²) < 4.78 is 34.5. The molecule has 176 valence electrons. The van der Waals surface area contributed by atoms with E-state index in [1.54, 1.807) is 52.0 Å². The van der Waals surface area contributed by atoms with E-state index in [9.17, 15) is 23.0 Å². The van der Waals surface area contributed by atoms with Crippen LogP contribution in [0.2, 0.25) is 0 Å². The lowest BCUT2D eigenvalue weighted by Gasteiger charge is -2.22. The third-order valence-corrected chi connectivity index (χ3v) is 7.49. The van der Waals surface area contributed by atoms with Crippen LogP contribution in [-0.4, -0.2) is 44.2 Å². The van der Waals surface area contributed by atoms with E-state index < -0.39 is 34.9 Å². The molecule has 0 saturated carbocycles. The van der Waals surface area contributed by atoms with Gasteiger partial charge in [0.2, 0.25) is 0 Å². The van der Waals surface area contributed by atoms with Crippen molar-refractivity contribution in [1.82, 2.24) is 5.32 Å². The van der Waals surface area contributed by atoms with Gasteiger partial charge in [0.1, 0.15) is 12.6 Å². The van der Waals surface area contributed by atoms with Gasteiger partial charge >= 0.3 is 13.1 Å². The highest BCUT2D eigenvalue weighted by Gasteiger charge is 2.32. The molecular weight excluding hydrogens is 445 g/mol. The van der Waals surface area contributed by atoms with Gasteiger partial charge in [-0.2, -0.15) is 0 Å². The first kappa shape index (κ1) is 24.9. The lowest BCUT2D eigenvalue weighted by atomic mass is 9.75. The van der Waals surface area contributed by atoms with Gasteiger partial charge in [0.05, 0.1) is 17.3 Å². The quantitative estimate of drug-likeness (QED) is 0.441. The molecule has 8 nitrogen and oxygen atoms in total. The topological polar surface area (TPSA) is 119 Å². The highest BCUT2D eigenvalue weighted by atomic mass is 32.2. The number of amides is 1. The van der Waals surface area contributed by atoms with Crippen LogP contribution in [0.5, 0.6) is 0 Å². The summed E-state index contributed by atoms with van der Waals surface area (Å²) in [5.41, 5.74) is 3.00. The SMILES string of the molecule is CCS(=O)(=O)c1ccc(COC(=O)C(NC(=O)c2ccc3c(c2C)B(O)OC3)C(C)C)cc1. The Morgan fingerprint density at radius 3 is 2.45 bits per heavy atom. The van der Waals surface area contributed by atoms with Crippen LogP contribution in [0.1, 0.15) is 47.8 Å². The zero-order valence-corrected chi connectivity index (χ0v) is 19.9. The van der Waals surface area contributed by atoms with Crippen LogP contribution in [0.4, 0.5) is 0 Å². The highest BCUT2D eigenvalue weighted by molar-refractivity contribution is 7.91. The van der Waals surface area contributed by atoms with E-state index in [1.807, 2.05) is 0 Å². The van der Waals surface area contributed by atoms with Crippen molar-refractivity contribution >= 4 is 34.3 Å². The number of carbonyl (C=O) groups is 2. The van der Waals surface area contributed by atoms with Crippen LogP contribution in [0, 0.1) is 12.8 Å². The number of fused-ring (bicyclic) bond motifs is 1. The summed E-state index contributed by atoms with van der Waals surface area (Å²) in [6.45, 7) is 7.13. The lowest BCUT2D eigenvalue weighted by molar-refractivity contribution is -0.148. The van der Waals surface area contributed by atoms with E-state index in [0.717, 1.165) is 5.56 Å². The van der Waals surface area contributed by atoms with Crippen molar-refractivity contribution in [2.45, 2.75) is 51.8 Å². The molecule has 1 aliphatic heterocycles. The maximum Gasteiger partial charge on any atom is 0.492 e. The van der Waals surface area contributed by atoms with Gasteiger partial charge in [-0.1, -0.05) is 39.0 Å². The zero-order valence-electron chi connectivity index (χ0n) is 19.1. The van der Waals surface area contributed by atoms with Gasteiger partial charge < -0.3 is 19.7 Å². The highest BCUT2D eigenvalue weighted by Crippen LogP contribution is 2.18. The zero-order chi connectivity index (χ0) is 24.3. The number of esters is 1. The Bertz CT molecular complexity index is 1150. The van der Waals surface area contributed by atoms with Gasteiger partial charge in [-0.15, -0.1) is 0 Å². The summed E-state index contributed by atoms with van der Waals surface area (Å²) >= 11 is 0. The number of hydrogen-bond acceptors (Lipinski definition) is 7. The van der Waals surface area contributed by atoms with Gasteiger partial charge in [0.25, 0.3) is 5.91 Å². The average Bonchev–Trinajstić information content (AvgIpc) is 3.17. The van der Waals surface area contributed by atoms with Gasteiger partial charge in [-0.25, -0.2) is 13.2 Å². The fourth-order valence-electron chi connectivity index (χ4n) is 3.67. The summed E-state index contributed by atoms with van der Waals surface area (Å²) in [6.07, 6.45) is 0. The molecule has 1 unspecified atom stereocenters. The summed E-state index contributed by atoms with van der Waals surface area (Å²) in [6, 6.07) is 8.67. The van der Waals surface area contributed by atoms with Crippen LogP contribution in [0.25, 0.3) is 0 Å². The minimum absolute atomic E-state index is 0.00672. The molecule has 0 radical (unpaired) electrons. The van der Waals surface area contributed by atoms with Crippen LogP contribution in [-0.2, 0) is 37.2 Å². The Kier molecular flexibility index (Phi) is 7.61. The Balaban J connectivity index is 1.68. The van der Waals surface area contributed by atoms with Crippen LogP contribution >= 0.6 is 0 Å². The molecule has 2 aromatic carbocycles. The van der Waals surface area contributed by atoms with E-state index in [-0.39, 0.29) is 29.8 Å². The molecule has 0 bridgehead atoms. The molecule has 3 rings (SSSR count). The predicted octanol–water partition coefficient (Wildman–Crippen LogP) is 1.50. The number of sulfone groups is 1. The predicted molar refractivity (Wildman–Crippen MR) is 124 cm³/mol. The van der Waals surface area contributed by atoms with Crippen molar-refractivity contribution in [3.8, 4) is 0 Å². The molecule has 0 aromatic heterocycles. The fourth-order valence-corrected chi connectivity index (χ4v) is 4.56. The summed E-state index contributed by atoms with van der Waals surface area (Å²) in [5, 5.41) is 12.8. The van der Waals surface area contributed by atoms with Gasteiger partial charge in [-0.3, -0.25) is 4.79 Å². The summed E-state index contributed by atoms with van der Waals surface area (Å²) in [4.78, 5) is 25.9. The molecule has 0 aliphatic carbocycles. The first-order valence-electron chi connectivity index (χ1n) is 10.8.